The largest absolute Gasteiger partial charge is 0.490 e. The number of ether oxygens (including phenoxy) is 6. The van der Waals surface area contributed by atoms with Crippen LogP contribution in [0.2, 0.25) is 5.02 Å². The van der Waals surface area contributed by atoms with E-state index in [1.54, 1.807) is 7.11 Å². The predicted octanol–water partition coefficient (Wildman–Crippen LogP) is 4.45. The zero-order chi connectivity index (χ0) is 34.6. The lowest BCUT2D eigenvalue weighted by Gasteiger charge is -2.43. The molecule has 1 amide bonds. The van der Waals surface area contributed by atoms with E-state index >= 15 is 0 Å². The molecule has 2 heterocycles. The third kappa shape index (κ3) is 11.3. The lowest BCUT2D eigenvalue weighted by molar-refractivity contribution is -0.492. The maximum Gasteiger partial charge on any atom is 0.409 e. The second-order valence-corrected chi connectivity index (χ2v) is 12.9. The first-order valence-electron chi connectivity index (χ1n) is 16.9. The first-order valence-corrected chi connectivity index (χ1v) is 17.3. The highest BCUT2D eigenvalue weighted by Gasteiger charge is 2.42. The number of hydrogen-bond acceptors (Lipinski definition) is 13. The molecular formula is C34H48ClN3O11. The fourth-order valence-corrected chi connectivity index (χ4v) is 6.49. The second-order valence-electron chi connectivity index (χ2n) is 12.4. The van der Waals surface area contributed by atoms with Crippen molar-refractivity contribution in [1.29, 1.82) is 0 Å². The number of rotatable bonds is 16. The molecule has 0 radical (unpaired) electrons. The Morgan fingerprint density at radius 1 is 1.00 bits per heavy atom. The Kier molecular flexibility index (Phi) is 14.4. The average molecular weight is 710 g/mol. The van der Waals surface area contributed by atoms with Crippen LogP contribution in [0.25, 0.3) is 0 Å². The van der Waals surface area contributed by atoms with Crippen LogP contribution in [0.5, 0.6) is 11.5 Å². The average Bonchev–Trinajstić information content (AvgIpc) is 3.10. The lowest BCUT2D eigenvalue weighted by atomic mass is 9.93. The van der Waals surface area contributed by atoms with Crippen LogP contribution < -0.4 is 14.4 Å². The number of piperidine rings is 1. The molecule has 3 unspecified atom stereocenters. The minimum absolute atomic E-state index is 0.00979. The van der Waals surface area contributed by atoms with Crippen molar-refractivity contribution in [2.75, 3.05) is 64.6 Å². The van der Waals surface area contributed by atoms with E-state index < -0.39 is 29.8 Å². The summed E-state index contributed by atoms with van der Waals surface area (Å²) in [5.41, 5.74) is 1.92. The van der Waals surface area contributed by atoms with Crippen molar-refractivity contribution in [2.24, 2.45) is 0 Å². The van der Waals surface area contributed by atoms with E-state index in [0.717, 1.165) is 67.9 Å². The zero-order valence-electron chi connectivity index (χ0n) is 27.9. The van der Waals surface area contributed by atoms with E-state index in [1.165, 1.54) is 4.90 Å². The summed E-state index contributed by atoms with van der Waals surface area (Å²) >= 11 is 6.01. The van der Waals surface area contributed by atoms with Crippen LogP contribution in [-0.4, -0.2) is 122 Å². The molecule has 3 aliphatic rings. The number of anilines is 1. The van der Waals surface area contributed by atoms with Gasteiger partial charge in [0.05, 0.1) is 62.7 Å². The number of methoxy groups -OCH3 is 1. The molecule has 1 aliphatic carbocycles. The van der Waals surface area contributed by atoms with Gasteiger partial charge in [-0.1, -0.05) is 17.7 Å². The molecule has 1 saturated heterocycles. The first kappa shape index (κ1) is 37.3. The number of aliphatic hydroxyl groups excluding tert-OH is 1. The van der Waals surface area contributed by atoms with Crippen molar-refractivity contribution in [3.8, 4) is 11.5 Å². The highest BCUT2D eigenvalue weighted by atomic mass is 35.5. The van der Waals surface area contributed by atoms with Gasteiger partial charge in [0.15, 0.2) is 0 Å². The predicted molar refractivity (Wildman–Crippen MR) is 177 cm³/mol. The molecule has 15 heteroatoms. The number of carbonyl (C=O) groups excluding carboxylic acids is 1. The number of β-amino-alcohol motifs (C(OH)–C–C–N with tert-alkyl or cyclic N) is 1. The van der Waals surface area contributed by atoms with Gasteiger partial charge in [0.1, 0.15) is 36.4 Å². The molecule has 2 aliphatic heterocycles. The van der Waals surface area contributed by atoms with Crippen molar-refractivity contribution in [2.45, 2.75) is 75.7 Å². The number of benzene rings is 2. The fourth-order valence-electron chi connectivity index (χ4n) is 6.36. The third-order valence-corrected chi connectivity index (χ3v) is 9.10. The number of hydrogen-bond donors (Lipinski definition) is 3. The van der Waals surface area contributed by atoms with Gasteiger partial charge in [-0.25, -0.2) is 4.79 Å². The molecule has 1 saturated carbocycles. The second kappa shape index (κ2) is 18.9. The maximum atomic E-state index is 13.0. The van der Waals surface area contributed by atoms with E-state index in [-0.39, 0.29) is 51.5 Å². The van der Waals surface area contributed by atoms with Crippen LogP contribution in [0.15, 0.2) is 42.5 Å². The number of nitrogens with zero attached hydrogens (tertiary/aromatic N) is 3. The summed E-state index contributed by atoms with van der Waals surface area (Å²) in [5, 5.41) is 28.9. The molecule has 272 valence electrons. The number of aliphatic hydroxyl groups is 1. The molecule has 3 atom stereocenters. The van der Waals surface area contributed by atoms with Crippen molar-refractivity contribution in [3.63, 3.8) is 0 Å². The number of fused-ring (bicyclic) bond motifs is 1. The quantitative estimate of drug-likeness (QED) is 0.166. The summed E-state index contributed by atoms with van der Waals surface area (Å²) < 4.78 is 35.6. The molecule has 14 nitrogen and oxygen atoms in total. The Morgan fingerprint density at radius 2 is 1.78 bits per heavy atom. The minimum atomic E-state index is -1.01. The summed E-state index contributed by atoms with van der Waals surface area (Å²) in [6.45, 7) is 3.24. The van der Waals surface area contributed by atoms with Gasteiger partial charge in [0.25, 0.3) is 0 Å². The van der Waals surface area contributed by atoms with E-state index in [9.17, 15) is 9.90 Å². The highest BCUT2D eigenvalue weighted by molar-refractivity contribution is 6.30. The zero-order valence-corrected chi connectivity index (χ0v) is 28.6. The molecule has 0 bridgehead atoms. The molecule has 0 spiro atoms. The smallest absolute Gasteiger partial charge is 0.409 e. The Labute approximate surface area is 291 Å². The van der Waals surface area contributed by atoms with Crippen molar-refractivity contribution in [1.82, 2.24) is 10.3 Å². The highest BCUT2D eigenvalue weighted by Crippen LogP contribution is 2.34. The Bertz CT molecular complexity index is 1300. The topological polar surface area (TPSA) is 152 Å². The van der Waals surface area contributed by atoms with Crippen LogP contribution in [0.4, 0.5) is 10.5 Å². The van der Waals surface area contributed by atoms with Gasteiger partial charge < -0.3 is 43.3 Å². The Balaban J connectivity index is 1.21. The van der Waals surface area contributed by atoms with Gasteiger partial charge in [0, 0.05) is 31.7 Å². The maximum absolute atomic E-state index is 13.0. The van der Waals surface area contributed by atoms with Crippen LogP contribution in [0.3, 0.4) is 0 Å². The summed E-state index contributed by atoms with van der Waals surface area (Å²) in [7, 11) is 1.70. The van der Waals surface area contributed by atoms with Crippen LogP contribution in [0.1, 0.15) is 44.1 Å². The fraction of sp³-hybridized carbons (Fsp3) is 0.618. The number of halogens is 1. The van der Waals surface area contributed by atoms with Crippen LogP contribution >= 0.6 is 11.6 Å². The SMILES string of the molecule is COCCCN1CCOc2ccc(COC3CN(C(=O)OCCCON(O)O)CC(O)C3OC3CCC(Oc4ccc(Cl)cc4)CC3)cc21. The van der Waals surface area contributed by atoms with E-state index in [0.29, 0.717) is 18.2 Å². The van der Waals surface area contributed by atoms with E-state index in [2.05, 4.69) is 15.8 Å². The summed E-state index contributed by atoms with van der Waals surface area (Å²) in [6.07, 6.45) is 1.26. The molecule has 2 fully saturated rings. The third-order valence-electron chi connectivity index (χ3n) is 8.84. The minimum Gasteiger partial charge on any atom is -0.490 e. The standard InChI is InChI=1S/C34H48ClN3O11/c1-43-16-2-14-36-15-19-44-31-13-4-24(20-29(31)36)23-46-32-22-37(34(40)45-17-3-18-47-38(41)42)21-30(39)33(32)49-28-11-9-27(10-12-28)48-26-7-5-25(35)6-8-26/h4-8,13,20,27-28,30,32-33,39,41-42H,2-3,9-12,14-19,21-23H2,1H3. The van der Waals surface area contributed by atoms with E-state index in [4.69, 9.17) is 50.4 Å². The van der Waals surface area contributed by atoms with Gasteiger partial charge in [0.2, 0.25) is 0 Å². The molecule has 5 rings (SSSR count). The molecule has 3 N–H and O–H groups in total. The normalized spacial score (nSPS) is 24.0. The summed E-state index contributed by atoms with van der Waals surface area (Å²) in [6, 6.07) is 13.3. The van der Waals surface area contributed by atoms with E-state index in [1.807, 2.05) is 36.4 Å². The number of likely N-dealkylation sites (tertiary alicyclic amines) is 1. The lowest BCUT2D eigenvalue weighted by Crippen LogP contribution is -2.59. The van der Waals surface area contributed by atoms with Gasteiger partial charge >= 0.3 is 6.09 Å². The molecule has 0 aromatic heterocycles. The van der Waals surface area contributed by atoms with Gasteiger partial charge in [-0.15, -0.1) is 0 Å². The summed E-state index contributed by atoms with van der Waals surface area (Å²) in [5.74, 6) is 1.60. The van der Waals surface area contributed by atoms with Crippen LogP contribution in [0, 0.1) is 0 Å². The molecule has 49 heavy (non-hydrogen) atoms. The Morgan fingerprint density at radius 3 is 2.53 bits per heavy atom. The summed E-state index contributed by atoms with van der Waals surface area (Å²) in [4.78, 5) is 21.2. The monoisotopic (exact) mass is 709 g/mol. The molecular weight excluding hydrogens is 662 g/mol. The van der Waals surface area contributed by atoms with Crippen molar-refractivity contribution in [3.05, 3.63) is 53.1 Å². The molecule has 2 aromatic rings. The number of carbonyl (C=O) groups is 1. The van der Waals surface area contributed by atoms with Gasteiger partial charge in [-0.3, -0.25) is 15.3 Å². The Hall–Kier alpha value is -2.92. The van der Waals surface area contributed by atoms with Gasteiger partial charge in [-0.2, -0.15) is 0 Å². The first-order chi connectivity index (χ1) is 23.8. The van der Waals surface area contributed by atoms with Gasteiger partial charge in [-0.05, 0) is 74.1 Å². The van der Waals surface area contributed by atoms with Crippen molar-refractivity contribution < 1.29 is 53.6 Å². The van der Waals surface area contributed by atoms with Crippen molar-refractivity contribution >= 4 is 23.4 Å². The van der Waals surface area contributed by atoms with Crippen LogP contribution in [-0.2, 0) is 30.4 Å². The molecule has 2 aromatic carbocycles. The number of amides is 1.